The predicted molar refractivity (Wildman–Crippen MR) is 115 cm³/mol. The molecule has 9 nitrogen and oxygen atoms in total. The van der Waals surface area contributed by atoms with Gasteiger partial charge in [-0.2, -0.15) is 26.3 Å². The molecule has 1 aliphatic rings. The van der Waals surface area contributed by atoms with Crippen LogP contribution in [0.5, 0.6) is 0 Å². The molecule has 0 bridgehead atoms. The van der Waals surface area contributed by atoms with Crippen LogP contribution in [0.2, 0.25) is 0 Å². The second kappa shape index (κ2) is 9.31. The molecule has 4 rings (SSSR count). The molecule has 0 radical (unpaired) electrons. The van der Waals surface area contributed by atoms with Crippen molar-refractivity contribution >= 4 is 16.0 Å². The number of piperidine rings is 1. The maximum atomic E-state index is 13.7. The average molecular weight is 535 g/mol. The maximum Gasteiger partial charge on any atom is 0.420 e. The first-order valence-corrected chi connectivity index (χ1v) is 12.3. The van der Waals surface area contributed by atoms with E-state index < -0.39 is 44.9 Å². The van der Waals surface area contributed by atoms with Gasteiger partial charge in [0.05, 0.1) is 23.7 Å². The van der Waals surface area contributed by atoms with Crippen molar-refractivity contribution in [2.45, 2.75) is 31.2 Å². The van der Waals surface area contributed by atoms with Crippen LogP contribution < -0.4 is 5.32 Å². The number of pyridine rings is 1. The van der Waals surface area contributed by atoms with Crippen LogP contribution in [0, 0.1) is 0 Å². The Hall–Kier alpha value is -3.27. The van der Waals surface area contributed by atoms with Crippen LogP contribution in [-0.4, -0.2) is 62.6 Å². The number of sulfonamides is 1. The first kappa shape index (κ1) is 25.8. The molecule has 0 unspecified atom stereocenters. The smallest absolute Gasteiger partial charge is 0.351 e. The Morgan fingerprint density at radius 1 is 1.00 bits per heavy atom. The SMILES string of the molecule is CS(=O)(=O)N1CCC(Nc2ncc(C(F)(F)F)c(-c3cn(-c4cnccc4C(F)(F)F)cn3)n2)CC1. The fourth-order valence-corrected chi connectivity index (χ4v) is 4.65. The first-order chi connectivity index (χ1) is 16.7. The van der Waals surface area contributed by atoms with Gasteiger partial charge in [0, 0.05) is 37.7 Å². The van der Waals surface area contributed by atoms with Gasteiger partial charge in [0.1, 0.15) is 23.3 Å². The minimum absolute atomic E-state index is 0.150. The molecule has 4 heterocycles. The molecule has 1 saturated heterocycles. The quantitative estimate of drug-likeness (QED) is 0.498. The summed E-state index contributed by atoms with van der Waals surface area (Å²) in [7, 11) is -3.36. The second-order valence-electron chi connectivity index (χ2n) is 8.09. The second-order valence-corrected chi connectivity index (χ2v) is 10.1. The van der Waals surface area contributed by atoms with Gasteiger partial charge in [-0.05, 0) is 18.9 Å². The van der Waals surface area contributed by atoms with Gasteiger partial charge in [0.25, 0.3) is 0 Å². The molecule has 3 aromatic heterocycles. The predicted octanol–water partition coefficient (Wildman–Crippen LogP) is 3.60. The highest BCUT2D eigenvalue weighted by Gasteiger charge is 2.37. The van der Waals surface area contributed by atoms with E-state index in [9.17, 15) is 34.8 Å². The van der Waals surface area contributed by atoms with Crippen molar-refractivity contribution in [1.29, 1.82) is 0 Å². The van der Waals surface area contributed by atoms with Gasteiger partial charge in [-0.25, -0.2) is 27.7 Å². The van der Waals surface area contributed by atoms with Gasteiger partial charge in [-0.3, -0.25) is 4.98 Å². The fraction of sp³-hybridized carbons (Fsp3) is 0.400. The van der Waals surface area contributed by atoms with Crippen molar-refractivity contribution in [3.8, 4) is 17.1 Å². The molecule has 0 aliphatic carbocycles. The van der Waals surface area contributed by atoms with E-state index >= 15 is 0 Å². The number of alkyl halides is 6. The van der Waals surface area contributed by atoms with Gasteiger partial charge in [0.15, 0.2) is 0 Å². The van der Waals surface area contributed by atoms with E-state index in [0.29, 0.717) is 19.0 Å². The van der Waals surface area contributed by atoms with Crippen molar-refractivity contribution in [2.75, 3.05) is 24.7 Å². The lowest BCUT2D eigenvalue weighted by Crippen LogP contribution is -2.42. The van der Waals surface area contributed by atoms with E-state index in [2.05, 4.69) is 25.3 Å². The van der Waals surface area contributed by atoms with Crippen LogP contribution >= 0.6 is 0 Å². The third-order valence-corrected chi connectivity index (χ3v) is 6.86. The van der Waals surface area contributed by atoms with E-state index in [1.54, 1.807) is 0 Å². The highest BCUT2D eigenvalue weighted by Crippen LogP contribution is 2.37. The molecule has 1 fully saturated rings. The summed E-state index contributed by atoms with van der Waals surface area (Å²) in [5.74, 6) is -0.150. The third-order valence-electron chi connectivity index (χ3n) is 5.56. The Labute approximate surface area is 201 Å². The minimum Gasteiger partial charge on any atom is -0.351 e. The van der Waals surface area contributed by atoms with E-state index in [-0.39, 0.29) is 30.8 Å². The summed E-state index contributed by atoms with van der Waals surface area (Å²) in [6.45, 7) is 0.447. The number of hydrogen-bond acceptors (Lipinski definition) is 7. The van der Waals surface area contributed by atoms with Crippen LogP contribution in [0.25, 0.3) is 17.1 Å². The number of anilines is 1. The Morgan fingerprint density at radius 3 is 2.28 bits per heavy atom. The lowest BCUT2D eigenvalue weighted by molar-refractivity contribution is -0.138. The van der Waals surface area contributed by atoms with E-state index in [1.807, 2.05) is 0 Å². The number of nitrogens with one attached hydrogen (secondary N) is 1. The molecule has 36 heavy (non-hydrogen) atoms. The van der Waals surface area contributed by atoms with Gasteiger partial charge in [0.2, 0.25) is 16.0 Å². The Kier molecular flexibility index (Phi) is 6.68. The third kappa shape index (κ3) is 5.59. The molecule has 0 amide bonds. The minimum atomic E-state index is -4.86. The standard InChI is InChI=1S/C20H19F6N7O2S/c1-36(34,35)33-6-3-12(4-7-33)30-18-28-8-14(20(24,25)26)17(31-18)15-10-32(11-29-15)16-9-27-5-2-13(16)19(21,22)23/h2,5,8-12H,3-4,6-7H2,1H3,(H,28,30,31). The molecule has 1 aliphatic heterocycles. The van der Waals surface area contributed by atoms with Gasteiger partial charge < -0.3 is 9.88 Å². The number of halogens is 6. The molecule has 0 spiro atoms. The number of nitrogens with zero attached hydrogens (tertiary/aromatic N) is 6. The zero-order valence-electron chi connectivity index (χ0n) is 18.5. The van der Waals surface area contributed by atoms with Crippen LogP contribution in [0.1, 0.15) is 24.0 Å². The zero-order chi connectivity index (χ0) is 26.3. The van der Waals surface area contributed by atoms with Crippen molar-refractivity contribution in [3.05, 3.63) is 48.3 Å². The molecule has 16 heteroatoms. The highest BCUT2D eigenvalue weighted by atomic mass is 32.2. The molecule has 194 valence electrons. The Bertz CT molecular complexity index is 1350. The number of imidazole rings is 1. The highest BCUT2D eigenvalue weighted by molar-refractivity contribution is 7.88. The van der Waals surface area contributed by atoms with Crippen LogP contribution in [0.15, 0.2) is 37.2 Å². The van der Waals surface area contributed by atoms with Gasteiger partial charge in [-0.15, -0.1) is 0 Å². The summed E-state index contributed by atoms with van der Waals surface area (Å²) in [6, 6.07) is 0.452. The van der Waals surface area contributed by atoms with E-state index in [0.717, 1.165) is 41.8 Å². The summed E-state index contributed by atoms with van der Waals surface area (Å²) < 4.78 is 107. The van der Waals surface area contributed by atoms with Gasteiger partial charge >= 0.3 is 12.4 Å². The monoisotopic (exact) mass is 535 g/mol. The maximum absolute atomic E-state index is 13.7. The van der Waals surface area contributed by atoms with E-state index in [4.69, 9.17) is 0 Å². The molecule has 0 atom stereocenters. The van der Waals surface area contributed by atoms with Crippen LogP contribution in [0.4, 0.5) is 32.3 Å². The van der Waals surface area contributed by atoms with Gasteiger partial charge in [-0.1, -0.05) is 0 Å². The summed E-state index contributed by atoms with van der Waals surface area (Å²) in [4.78, 5) is 15.2. The summed E-state index contributed by atoms with van der Waals surface area (Å²) in [5, 5.41) is 2.90. The summed E-state index contributed by atoms with van der Waals surface area (Å²) in [5.41, 5.74) is -3.61. The van der Waals surface area contributed by atoms with Crippen LogP contribution in [0.3, 0.4) is 0 Å². The number of hydrogen-bond donors (Lipinski definition) is 1. The molecule has 3 aromatic rings. The molecular formula is C20H19F6N7O2S. The Morgan fingerprint density at radius 2 is 1.67 bits per heavy atom. The van der Waals surface area contributed by atoms with Crippen molar-refractivity contribution in [1.82, 2.24) is 28.8 Å². The van der Waals surface area contributed by atoms with Crippen molar-refractivity contribution in [3.63, 3.8) is 0 Å². The summed E-state index contributed by atoms with van der Waals surface area (Å²) in [6.07, 6.45) is -3.35. The normalized spacial score (nSPS) is 16.3. The Balaban J connectivity index is 1.65. The zero-order valence-corrected chi connectivity index (χ0v) is 19.4. The molecular weight excluding hydrogens is 516 g/mol. The molecule has 1 N–H and O–H groups in total. The molecule has 0 aromatic carbocycles. The lowest BCUT2D eigenvalue weighted by atomic mass is 10.1. The number of rotatable bonds is 5. The van der Waals surface area contributed by atoms with Crippen molar-refractivity contribution < 1.29 is 34.8 Å². The number of aromatic nitrogens is 5. The summed E-state index contributed by atoms with van der Waals surface area (Å²) >= 11 is 0. The van der Waals surface area contributed by atoms with Crippen LogP contribution in [-0.2, 0) is 22.4 Å². The van der Waals surface area contributed by atoms with Crippen molar-refractivity contribution in [2.24, 2.45) is 0 Å². The lowest BCUT2D eigenvalue weighted by Gasteiger charge is -2.30. The molecule has 0 saturated carbocycles. The fourth-order valence-electron chi connectivity index (χ4n) is 3.78. The first-order valence-electron chi connectivity index (χ1n) is 10.5. The average Bonchev–Trinajstić information content (AvgIpc) is 3.28. The topological polar surface area (TPSA) is 106 Å². The largest absolute Gasteiger partial charge is 0.420 e. The van der Waals surface area contributed by atoms with E-state index in [1.165, 1.54) is 4.31 Å².